The Bertz CT molecular complexity index is 502. The lowest BCUT2D eigenvalue weighted by atomic mass is 10.1. The normalized spacial score (nSPS) is 11.5. The molecule has 4 nitrogen and oxygen atoms in total. The largest absolute Gasteiger partial charge is 0.467 e. The van der Waals surface area contributed by atoms with Crippen LogP contribution < -0.4 is 5.32 Å². The highest BCUT2D eigenvalue weighted by Crippen LogP contribution is 2.07. The number of esters is 1. The van der Waals surface area contributed by atoms with Crippen molar-refractivity contribution in [2.45, 2.75) is 31.7 Å². The summed E-state index contributed by atoms with van der Waals surface area (Å²) in [6, 6.07) is 5.13. The van der Waals surface area contributed by atoms with Crippen molar-refractivity contribution in [2.24, 2.45) is 0 Å². The second-order valence-electron chi connectivity index (χ2n) is 4.67. The lowest BCUT2D eigenvalue weighted by molar-refractivity contribution is -0.145. The van der Waals surface area contributed by atoms with E-state index in [1.54, 1.807) is 18.2 Å². The van der Waals surface area contributed by atoms with E-state index >= 15 is 0 Å². The number of halogens is 1. The van der Waals surface area contributed by atoms with Crippen molar-refractivity contribution in [3.8, 4) is 0 Å². The maximum atomic E-state index is 13.1. The number of hydrogen-bond acceptors (Lipinski definition) is 3. The molecule has 0 heterocycles. The number of hydrogen-bond donors (Lipinski definition) is 1. The third kappa shape index (κ3) is 6.21. The van der Waals surface area contributed by atoms with Crippen LogP contribution in [0.2, 0.25) is 0 Å². The molecule has 1 rings (SSSR count). The molecule has 0 aliphatic carbocycles. The van der Waals surface area contributed by atoms with Crippen LogP contribution in [0.4, 0.5) is 4.39 Å². The van der Waals surface area contributed by atoms with Crippen molar-refractivity contribution in [3.05, 3.63) is 48.3 Å². The number of allylic oxidation sites excluding steroid dienone is 1. The fourth-order valence-electron chi connectivity index (χ4n) is 1.94. The van der Waals surface area contributed by atoms with Gasteiger partial charge < -0.3 is 10.1 Å². The van der Waals surface area contributed by atoms with Crippen LogP contribution in [0, 0.1) is 5.82 Å². The molecule has 0 radical (unpaired) electrons. The van der Waals surface area contributed by atoms with Crippen molar-refractivity contribution in [1.82, 2.24) is 5.32 Å². The van der Waals surface area contributed by atoms with Crippen LogP contribution in [0.15, 0.2) is 36.9 Å². The second kappa shape index (κ2) is 8.89. The van der Waals surface area contributed by atoms with Crippen molar-refractivity contribution in [3.63, 3.8) is 0 Å². The number of carbonyl (C=O) groups is 2. The fraction of sp³-hybridized carbons (Fsp3) is 0.375. The first-order chi connectivity index (χ1) is 10.1. The van der Waals surface area contributed by atoms with E-state index in [0.717, 1.165) is 12.8 Å². The van der Waals surface area contributed by atoms with Crippen LogP contribution in [0.5, 0.6) is 0 Å². The predicted octanol–water partition coefficient (Wildman–Crippen LogP) is 2.38. The zero-order valence-corrected chi connectivity index (χ0v) is 12.1. The van der Waals surface area contributed by atoms with E-state index in [1.165, 1.54) is 19.2 Å². The minimum Gasteiger partial charge on any atom is -0.467 e. The first-order valence-electron chi connectivity index (χ1n) is 6.79. The molecule has 0 spiro atoms. The molecule has 1 aromatic rings. The minimum atomic E-state index is -0.684. The number of benzene rings is 1. The first-order valence-corrected chi connectivity index (χ1v) is 6.79. The van der Waals surface area contributed by atoms with Gasteiger partial charge in [0.15, 0.2) is 0 Å². The molecule has 0 saturated heterocycles. The van der Waals surface area contributed by atoms with Crippen LogP contribution in [0.25, 0.3) is 0 Å². The van der Waals surface area contributed by atoms with Gasteiger partial charge in [-0.3, -0.25) is 4.79 Å². The van der Waals surface area contributed by atoms with Gasteiger partial charge in [0, 0.05) is 0 Å². The molecule has 0 aromatic heterocycles. The molecule has 0 unspecified atom stereocenters. The Morgan fingerprint density at radius 2 is 2.24 bits per heavy atom. The van der Waals surface area contributed by atoms with Gasteiger partial charge in [-0.25, -0.2) is 9.18 Å². The molecular weight excluding hydrogens is 273 g/mol. The van der Waals surface area contributed by atoms with Crippen molar-refractivity contribution in [1.29, 1.82) is 0 Å². The van der Waals surface area contributed by atoms with Crippen LogP contribution >= 0.6 is 0 Å². The third-order valence-corrected chi connectivity index (χ3v) is 2.98. The zero-order chi connectivity index (χ0) is 15.7. The SMILES string of the molecule is C=CCCC[C@H](NC(=O)Cc1cccc(F)c1)C(=O)OC. The molecule has 21 heavy (non-hydrogen) atoms. The van der Waals surface area contributed by atoms with Gasteiger partial charge in [0.2, 0.25) is 5.91 Å². The summed E-state index contributed by atoms with van der Waals surface area (Å²) in [5.74, 6) is -1.21. The summed E-state index contributed by atoms with van der Waals surface area (Å²) in [7, 11) is 1.28. The Kier molecular flexibility index (Phi) is 7.15. The molecule has 0 aliphatic rings. The quantitative estimate of drug-likeness (QED) is 0.455. The fourth-order valence-corrected chi connectivity index (χ4v) is 1.94. The van der Waals surface area contributed by atoms with Crippen LogP contribution in [0.3, 0.4) is 0 Å². The minimum absolute atomic E-state index is 0.0205. The van der Waals surface area contributed by atoms with Crippen molar-refractivity contribution < 1.29 is 18.7 Å². The van der Waals surface area contributed by atoms with Crippen LogP contribution in [-0.4, -0.2) is 25.0 Å². The summed E-state index contributed by atoms with van der Waals surface area (Å²) in [6.45, 7) is 3.61. The molecular formula is C16H20FNO3. The Balaban J connectivity index is 2.58. The Hall–Kier alpha value is -2.17. The first kappa shape index (κ1) is 16.9. The highest BCUT2D eigenvalue weighted by Gasteiger charge is 2.20. The van der Waals surface area contributed by atoms with E-state index in [9.17, 15) is 14.0 Å². The van der Waals surface area contributed by atoms with E-state index in [4.69, 9.17) is 0 Å². The maximum absolute atomic E-state index is 13.1. The van der Waals surface area contributed by atoms with Crippen LogP contribution in [-0.2, 0) is 20.7 Å². The van der Waals surface area contributed by atoms with Crippen molar-refractivity contribution >= 4 is 11.9 Å². The Morgan fingerprint density at radius 1 is 1.48 bits per heavy atom. The molecule has 1 atom stereocenters. The molecule has 0 aliphatic heterocycles. The zero-order valence-electron chi connectivity index (χ0n) is 12.1. The van der Waals surface area contributed by atoms with Gasteiger partial charge in [-0.2, -0.15) is 0 Å². The summed E-state index contributed by atoms with van der Waals surface area (Å²) < 4.78 is 17.7. The summed E-state index contributed by atoms with van der Waals surface area (Å²) in [5, 5.41) is 2.62. The van der Waals surface area contributed by atoms with Gasteiger partial charge in [0.05, 0.1) is 13.5 Å². The number of methoxy groups -OCH3 is 1. The van der Waals surface area contributed by atoms with Crippen LogP contribution in [0.1, 0.15) is 24.8 Å². The number of unbranched alkanes of at least 4 members (excludes halogenated alkanes) is 1. The van der Waals surface area contributed by atoms with Gasteiger partial charge in [0.1, 0.15) is 11.9 Å². The van der Waals surface area contributed by atoms with Crippen molar-refractivity contribution in [2.75, 3.05) is 7.11 Å². The lowest BCUT2D eigenvalue weighted by Crippen LogP contribution is -2.42. The van der Waals surface area contributed by atoms with E-state index < -0.39 is 17.8 Å². The highest BCUT2D eigenvalue weighted by molar-refractivity contribution is 5.85. The molecule has 0 bridgehead atoms. The number of carbonyl (C=O) groups excluding carboxylic acids is 2. The van der Waals surface area contributed by atoms with Gasteiger partial charge in [0.25, 0.3) is 0 Å². The topological polar surface area (TPSA) is 55.4 Å². The van der Waals surface area contributed by atoms with E-state index in [0.29, 0.717) is 12.0 Å². The van der Waals surface area contributed by atoms with E-state index in [2.05, 4.69) is 16.6 Å². The number of amides is 1. The lowest BCUT2D eigenvalue weighted by Gasteiger charge is -2.16. The standard InChI is InChI=1S/C16H20FNO3/c1-3-4-5-9-14(16(20)21-2)18-15(19)11-12-7-6-8-13(17)10-12/h3,6-8,10,14H,1,4-5,9,11H2,2H3,(H,18,19)/t14-/m0/s1. The molecule has 1 N–H and O–H groups in total. The van der Waals surface area contributed by atoms with E-state index in [-0.39, 0.29) is 12.3 Å². The number of ether oxygens (including phenoxy) is 1. The molecule has 114 valence electrons. The molecule has 0 fully saturated rings. The number of nitrogens with one attached hydrogen (secondary N) is 1. The van der Waals surface area contributed by atoms with Gasteiger partial charge in [-0.1, -0.05) is 18.2 Å². The van der Waals surface area contributed by atoms with E-state index in [1.807, 2.05) is 0 Å². The highest BCUT2D eigenvalue weighted by atomic mass is 19.1. The molecule has 1 aromatic carbocycles. The monoisotopic (exact) mass is 293 g/mol. The average Bonchev–Trinajstić information content (AvgIpc) is 2.45. The second-order valence-corrected chi connectivity index (χ2v) is 4.67. The molecule has 5 heteroatoms. The smallest absolute Gasteiger partial charge is 0.328 e. The van der Waals surface area contributed by atoms with Gasteiger partial charge in [-0.05, 0) is 37.0 Å². The Morgan fingerprint density at radius 3 is 2.86 bits per heavy atom. The maximum Gasteiger partial charge on any atom is 0.328 e. The average molecular weight is 293 g/mol. The van der Waals surface area contributed by atoms with Gasteiger partial charge in [-0.15, -0.1) is 6.58 Å². The Labute approximate surface area is 124 Å². The summed E-state index contributed by atoms with van der Waals surface area (Å²) in [5.41, 5.74) is 0.558. The molecule has 0 saturated carbocycles. The summed E-state index contributed by atoms with van der Waals surface area (Å²) >= 11 is 0. The molecule has 1 amide bonds. The number of rotatable bonds is 8. The van der Waals surface area contributed by atoms with Gasteiger partial charge >= 0.3 is 5.97 Å². The summed E-state index contributed by atoms with van der Waals surface area (Å²) in [4.78, 5) is 23.6. The summed E-state index contributed by atoms with van der Waals surface area (Å²) in [6.07, 6.45) is 3.74. The third-order valence-electron chi connectivity index (χ3n) is 2.98. The predicted molar refractivity (Wildman–Crippen MR) is 78.1 cm³/mol.